The molecule has 0 spiro atoms. The zero-order valence-corrected chi connectivity index (χ0v) is 12.8. The number of carbonyl (C=O) groups excluding carboxylic acids is 1. The Bertz CT molecular complexity index is 459. The molecule has 0 aromatic carbocycles. The summed E-state index contributed by atoms with van der Waals surface area (Å²) < 4.78 is 5.91. The van der Waals surface area contributed by atoms with E-state index in [1.807, 2.05) is 19.0 Å². The Kier molecular flexibility index (Phi) is 5.95. The van der Waals surface area contributed by atoms with Gasteiger partial charge in [0.2, 0.25) is 5.88 Å². The van der Waals surface area contributed by atoms with Crippen molar-refractivity contribution in [2.24, 2.45) is 0 Å². The maximum atomic E-state index is 12.2. The summed E-state index contributed by atoms with van der Waals surface area (Å²) in [7, 11) is 3.95. The Hall–Kier alpha value is -1.66. The van der Waals surface area contributed by atoms with Gasteiger partial charge in [-0.15, -0.1) is 0 Å². The second kappa shape index (κ2) is 7.95. The number of hydrogen-bond acceptors (Lipinski definition) is 5. The predicted octanol–water partition coefficient (Wildman–Crippen LogP) is 0.504. The number of hydrogen-bond donors (Lipinski definition) is 2. The first-order valence-electron chi connectivity index (χ1n) is 7.42. The van der Waals surface area contributed by atoms with E-state index in [1.54, 1.807) is 18.3 Å². The van der Waals surface area contributed by atoms with Crippen molar-refractivity contribution in [2.75, 3.05) is 40.3 Å². The average molecular weight is 292 g/mol. The largest absolute Gasteiger partial charge is 0.474 e. The summed E-state index contributed by atoms with van der Waals surface area (Å²) in [5.41, 5.74) is 0.509. The molecule has 2 N–H and O–H groups in total. The molecule has 6 nitrogen and oxygen atoms in total. The molecule has 1 aromatic rings. The van der Waals surface area contributed by atoms with E-state index < -0.39 is 0 Å². The van der Waals surface area contributed by atoms with E-state index in [1.165, 1.54) is 0 Å². The minimum absolute atomic E-state index is 0.131. The Labute approximate surface area is 125 Å². The summed E-state index contributed by atoms with van der Waals surface area (Å²) in [6.45, 7) is 3.30. The third-order valence-electron chi connectivity index (χ3n) is 3.42. The first-order valence-corrected chi connectivity index (χ1v) is 7.42. The van der Waals surface area contributed by atoms with E-state index in [9.17, 15) is 4.79 Å². The summed E-state index contributed by atoms with van der Waals surface area (Å²) in [6, 6.07) is 3.52. The van der Waals surface area contributed by atoms with Crippen molar-refractivity contribution in [3.63, 3.8) is 0 Å². The SMILES string of the molecule is CN(C)CCNC(=O)c1cccnc1OC1CCNCC1. The number of aromatic nitrogens is 1. The van der Waals surface area contributed by atoms with Crippen LogP contribution in [-0.2, 0) is 0 Å². The van der Waals surface area contributed by atoms with Crippen LogP contribution in [0.5, 0.6) is 5.88 Å². The highest BCUT2D eigenvalue weighted by molar-refractivity contribution is 5.96. The fourth-order valence-electron chi connectivity index (χ4n) is 2.22. The topological polar surface area (TPSA) is 66.5 Å². The van der Waals surface area contributed by atoms with Gasteiger partial charge >= 0.3 is 0 Å². The predicted molar refractivity (Wildman–Crippen MR) is 81.6 cm³/mol. The normalized spacial score (nSPS) is 16.0. The zero-order valence-electron chi connectivity index (χ0n) is 12.8. The first-order chi connectivity index (χ1) is 10.2. The smallest absolute Gasteiger partial charge is 0.256 e. The molecule has 2 heterocycles. The van der Waals surface area contributed by atoms with Gasteiger partial charge in [0.15, 0.2) is 0 Å². The van der Waals surface area contributed by atoms with Crippen LogP contribution < -0.4 is 15.4 Å². The first kappa shape index (κ1) is 15.7. The van der Waals surface area contributed by atoms with E-state index in [0.717, 1.165) is 32.5 Å². The average Bonchev–Trinajstić information content (AvgIpc) is 2.48. The quantitative estimate of drug-likeness (QED) is 0.799. The minimum Gasteiger partial charge on any atom is -0.474 e. The highest BCUT2D eigenvalue weighted by atomic mass is 16.5. The molecule has 0 aliphatic carbocycles. The minimum atomic E-state index is -0.131. The van der Waals surface area contributed by atoms with Gasteiger partial charge in [0.25, 0.3) is 5.91 Å². The van der Waals surface area contributed by atoms with Crippen LogP contribution in [0, 0.1) is 0 Å². The van der Waals surface area contributed by atoms with Gasteiger partial charge in [-0.25, -0.2) is 4.98 Å². The summed E-state index contributed by atoms with van der Waals surface area (Å²) >= 11 is 0. The molecule has 0 saturated carbocycles. The van der Waals surface area contributed by atoms with Gasteiger partial charge in [-0.3, -0.25) is 4.79 Å². The van der Waals surface area contributed by atoms with Gasteiger partial charge in [0.05, 0.1) is 0 Å². The number of pyridine rings is 1. The van der Waals surface area contributed by atoms with Crippen LogP contribution in [0.3, 0.4) is 0 Å². The monoisotopic (exact) mass is 292 g/mol. The molecule has 0 radical (unpaired) electrons. The number of likely N-dealkylation sites (N-methyl/N-ethyl adjacent to an activating group) is 1. The van der Waals surface area contributed by atoms with Crippen molar-refractivity contribution < 1.29 is 9.53 Å². The molecule has 2 rings (SSSR count). The third-order valence-corrected chi connectivity index (χ3v) is 3.42. The highest BCUT2D eigenvalue weighted by Crippen LogP contribution is 2.18. The molecule has 1 saturated heterocycles. The fourth-order valence-corrected chi connectivity index (χ4v) is 2.22. The summed E-state index contributed by atoms with van der Waals surface area (Å²) in [6.07, 6.45) is 3.68. The standard InChI is InChI=1S/C15H24N4O2/c1-19(2)11-10-17-14(20)13-4-3-7-18-15(13)21-12-5-8-16-9-6-12/h3-4,7,12,16H,5-6,8-11H2,1-2H3,(H,17,20). The van der Waals surface area contributed by atoms with Gasteiger partial charge < -0.3 is 20.3 Å². The van der Waals surface area contributed by atoms with Crippen LogP contribution in [0.4, 0.5) is 0 Å². The summed E-state index contributed by atoms with van der Waals surface area (Å²) in [4.78, 5) is 18.5. The van der Waals surface area contributed by atoms with Gasteiger partial charge in [-0.1, -0.05) is 0 Å². The van der Waals surface area contributed by atoms with Crippen LogP contribution in [-0.4, -0.2) is 62.2 Å². The number of amides is 1. The molecular formula is C15H24N4O2. The molecular weight excluding hydrogens is 268 g/mol. The molecule has 0 bridgehead atoms. The van der Waals surface area contributed by atoms with Crippen molar-refractivity contribution in [3.8, 4) is 5.88 Å². The van der Waals surface area contributed by atoms with E-state index in [2.05, 4.69) is 15.6 Å². The molecule has 1 aliphatic rings. The Balaban J connectivity index is 1.96. The van der Waals surface area contributed by atoms with Crippen molar-refractivity contribution in [3.05, 3.63) is 23.9 Å². The van der Waals surface area contributed by atoms with E-state index in [4.69, 9.17) is 4.74 Å². The van der Waals surface area contributed by atoms with E-state index >= 15 is 0 Å². The van der Waals surface area contributed by atoms with Crippen molar-refractivity contribution >= 4 is 5.91 Å². The van der Waals surface area contributed by atoms with Crippen molar-refractivity contribution in [1.29, 1.82) is 0 Å². The Morgan fingerprint density at radius 1 is 1.48 bits per heavy atom. The van der Waals surface area contributed by atoms with E-state index in [-0.39, 0.29) is 12.0 Å². The molecule has 21 heavy (non-hydrogen) atoms. The van der Waals surface area contributed by atoms with E-state index in [0.29, 0.717) is 18.0 Å². The lowest BCUT2D eigenvalue weighted by Gasteiger charge is -2.24. The highest BCUT2D eigenvalue weighted by Gasteiger charge is 2.19. The maximum Gasteiger partial charge on any atom is 0.256 e. The van der Waals surface area contributed by atoms with Crippen LogP contribution in [0.25, 0.3) is 0 Å². The number of ether oxygens (including phenoxy) is 1. The van der Waals surface area contributed by atoms with Gasteiger partial charge in [0.1, 0.15) is 11.7 Å². The number of rotatable bonds is 6. The number of nitrogens with zero attached hydrogens (tertiary/aromatic N) is 2. The van der Waals surface area contributed by atoms with Gasteiger partial charge in [-0.05, 0) is 52.2 Å². The third kappa shape index (κ3) is 4.99. The van der Waals surface area contributed by atoms with Crippen molar-refractivity contribution in [2.45, 2.75) is 18.9 Å². The number of piperidine rings is 1. The summed E-state index contributed by atoms with van der Waals surface area (Å²) in [5, 5.41) is 6.19. The van der Waals surface area contributed by atoms with Gasteiger partial charge in [0, 0.05) is 19.3 Å². The molecule has 116 valence electrons. The maximum absolute atomic E-state index is 12.2. The second-order valence-electron chi connectivity index (χ2n) is 5.48. The zero-order chi connectivity index (χ0) is 15.1. The Morgan fingerprint density at radius 2 is 2.24 bits per heavy atom. The van der Waals surface area contributed by atoms with Crippen LogP contribution in [0.1, 0.15) is 23.2 Å². The molecule has 1 aliphatic heterocycles. The summed E-state index contributed by atoms with van der Waals surface area (Å²) in [5.74, 6) is 0.306. The van der Waals surface area contributed by atoms with Crippen LogP contribution in [0.15, 0.2) is 18.3 Å². The molecule has 0 atom stereocenters. The van der Waals surface area contributed by atoms with Crippen molar-refractivity contribution in [1.82, 2.24) is 20.5 Å². The molecule has 0 unspecified atom stereocenters. The molecule has 1 aromatic heterocycles. The number of nitrogens with one attached hydrogen (secondary N) is 2. The lowest BCUT2D eigenvalue weighted by Crippen LogP contribution is -2.35. The molecule has 1 amide bonds. The Morgan fingerprint density at radius 3 is 2.95 bits per heavy atom. The lowest BCUT2D eigenvalue weighted by atomic mass is 10.1. The second-order valence-corrected chi connectivity index (χ2v) is 5.48. The number of carbonyl (C=O) groups is 1. The van der Waals surface area contributed by atoms with Crippen LogP contribution in [0.2, 0.25) is 0 Å². The van der Waals surface area contributed by atoms with Gasteiger partial charge in [-0.2, -0.15) is 0 Å². The molecule has 6 heteroatoms. The van der Waals surface area contributed by atoms with Crippen LogP contribution >= 0.6 is 0 Å². The lowest BCUT2D eigenvalue weighted by molar-refractivity contribution is 0.0937. The molecule has 1 fully saturated rings. The fraction of sp³-hybridized carbons (Fsp3) is 0.600.